The molecule has 0 bridgehead atoms. The van der Waals surface area contributed by atoms with Gasteiger partial charge in [-0.1, -0.05) is 60.7 Å². The van der Waals surface area contributed by atoms with Crippen LogP contribution < -0.4 is 0 Å². The number of aliphatic hydroxyl groups is 2. The van der Waals surface area contributed by atoms with Gasteiger partial charge in [-0.05, 0) is 32.7 Å². The van der Waals surface area contributed by atoms with Gasteiger partial charge in [-0.2, -0.15) is 0 Å². The van der Waals surface area contributed by atoms with Crippen molar-refractivity contribution in [3.8, 4) is 0 Å². The monoisotopic (exact) mass is 262 g/mol. The summed E-state index contributed by atoms with van der Waals surface area (Å²) < 4.78 is 0. The Bertz CT molecular complexity index is 849. The smallest absolute Gasteiger partial charge is 0.110 e. The summed E-state index contributed by atoms with van der Waals surface area (Å²) in [5.41, 5.74) is 1.80. The van der Waals surface area contributed by atoms with E-state index < -0.39 is 12.2 Å². The summed E-state index contributed by atoms with van der Waals surface area (Å²) in [4.78, 5) is 0. The summed E-state index contributed by atoms with van der Waals surface area (Å²) >= 11 is 0. The van der Waals surface area contributed by atoms with Crippen LogP contribution in [0.2, 0.25) is 0 Å². The molecule has 0 saturated carbocycles. The molecule has 2 heteroatoms. The molecule has 0 unspecified atom stereocenters. The quantitative estimate of drug-likeness (QED) is 0.609. The minimum Gasteiger partial charge on any atom is -0.386 e. The highest BCUT2D eigenvalue weighted by Gasteiger charge is 2.24. The van der Waals surface area contributed by atoms with Crippen molar-refractivity contribution >= 4 is 27.6 Å². The Labute approximate surface area is 116 Å². The van der Waals surface area contributed by atoms with Gasteiger partial charge in [0, 0.05) is 0 Å². The molecule has 0 aliphatic heterocycles. The fourth-order valence-corrected chi connectivity index (χ4v) is 3.08. The number of aliphatic hydroxyl groups excluding tert-OH is 2. The lowest BCUT2D eigenvalue weighted by molar-refractivity contribution is 0.0480. The van der Waals surface area contributed by atoms with Crippen molar-refractivity contribution in [1.82, 2.24) is 0 Å². The van der Waals surface area contributed by atoms with Gasteiger partial charge in [0.1, 0.15) is 12.2 Å². The molecule has 0 spiro atoms. The van der Waals surface area contributed by atoms with Crippen molar-refractivity contribution < 1.29 is 10.2 Å². The SMILES string of the molecule is O[C@H]1C=Cc2ccc3c(ccc4ccccc43)c2[C@@H]1O. The summed E-state index contributed by atoms with van der Waals surface area (Å²) in [5.74, 6) is 0. The average molecular weight is 262 g/mol. The molecule has 1 aliphatic carbocycles. The van der Waals surface area contributed by atoms with E-state index in [1.807, 2.05) is 30.3 Å². The topological polar surface area (TPSA) is 40.5 Å². The van der Waals surface area contributed by atoms with E-state index in [9.17, 15) is 10.2 Å². The van der Waals surface area contributed by atoms with Crippen LogP contribution in [0.1, 0.15) is 17.2 Å². The molecule has 0 radical (unpaired) electrons. The summed E-state index contributed by atoms with van der Waals surface area (Å²) in [5, 5.41) is 24.6. The average Bonchev–Trinajstić information content (AvgIpc) is 2.50. The van der Waals surface area contributed by atoms with Gasteiger partial charge < -0.3 is 10.2 Å². The zero-order valence-corrected chi connectivity index (χ0v) is 10.8. The first-order valence-electron chi connectivity index (χ1n) is 6.74. The van der Waals surface area contributed by atoms with Crippen molar-refractivity contribution in [2.45, 2.75) is 12.2 Å². The Balaban J connectivity index is 2.15. The Morgan fingerprint density at radius 3 is 2.45 bits per heavy atom. The van der Waals surface area contributed by atoms with Gasteiger partial charge in [-0.3, -0.25) is 0 Å². The normalized spacial score (nSPS) is 21.3. The fourth-order valence-electron chi connectivity index (χ4n) is 3.08. The maximum absolute atomic E-state index is 10.3. The molecule has 0 heterocycles. The van der Waals surface area contributed by atoms with Crippen molar-refractivity contribution in [1.29, 1.82) is 0 Å². The number of hydrogen-bond acceptors (Lipinski definition) is 2. The molecule has 2 N–H and O–H groups in total. The van der Waals surface area contributed by atoms with Crippen LogP contribution in [-0.4, -0.2) is 16.3 Å². The summed E-state index contributed by atoms with van der Waals surface area (Å²) in [6.45, 7) is 0. The maximum Gasteiger partial charge on any atom is 0.110 e. The van der Waals surface area contributed by atoms with Gasteiger partial charge in [0.2, 0.25) is 0 Å². The van der Waals surface area contributed by atoms with Crippen molar-refractivity contribution in [2.24, 2.45) is 0 Å². The highest BCUT2D eigenvalue weighted by atomic mass is 16.3. The molecule has 4 rings (SSSR count). The Morgan fingerprint density at radius 1 is 0.750 bits per heavy atom. The van der Waals surface area contributed by atoms with E-state index in [1.54, 1.807) is 6.08 Å². The number of fused-ring (bicyclic) bond motifs is 5. The van der Waals surface area contributed by atoms with E-state index in [0.717, 1.165) is 21.9 Å². The van der Waals surface area contributed by atoms with Crippen LogP contribution in [0.15, 0.2) is 54.6 Å². The van der Waals surface area contributed by atoms with Crippen LogP contribution in [0, 0.1) is 0 Å². The van der Waals surface area contributed by atoms with Crippen LogP contribution in [0.3, 0.4) is 0 Å². The Kier molecular flexibility index (Phi) is 2.43. The van der Waals surface area contributed by atoms with Gasteiger partial charge in [-0.25, -0.2) is 0 Å². The standard InChI is InChI=1S/C18H14O2/c19-16-10-7-12-6-8-14-13-4-2-1-3-11(13)5-9-15(14)17(12)18(16)20/h1-10,16,18-20H/t16-,18+/m0/s1. The fraction of sp³-hybridized carbons (Fsp3) is 0.111. The molecule has 0 aromatic heterocycles. The maximum atomic E-state index is 10.3. The van der Waals surface area contributed by atoms with E-state index in [2.05, 4.69) is 24.3 Å². The summed E-state index contributed by atoms with van der Waals surface area (Å²) in [6, 6.07) is 16.4. The van der Waals surface area contributed by atoms with Crippen LogP contribution in [0.5, 0.6) is 0 Å². The minimum atomic E-state index is -0.861. The van der Waals surface area contributed by atoms with E-state index in [4.69, 9.17) is 0 Å². The molecule has 3 aromatic rings. The van der Waals surface area contributed by atoms with Crippen LogP contribution in [0.4, 0.5) is 0 Å². The second-order valence-corrected chi connectivity index (χ2v) is 5.24. The zero-order valence-electron chi connectivity index (χ0n) is 10.8. The van der Waals surface area contributed by atoms with E-state index in [-0.39, 0.29) is 0 Å². The van der Waals surface area contributed by atoms with Gasteiger partial charge in [-0.15, -0.1) is 0 Å². The lowest BCUT2D eigenvalue weighted by Crippen LogP contribution is -2.19. The number of rotatable bonds is 0. The van der Waals surface area contributed by atoms with Crippen molar-refractivity contribution in [3.63, 3.8) is 0 Å². The Morgan fingerprint density at radius 2 is 1.55 bits per heavy atom. The van der Waals surface area contributed by atoms with Gasteiger partial charge >= 0.3 is 0 Å². The second-order valence-electron chi connectivity index (χ2n) is 5.24. The lowest BCUT2D eigenvalue weighted by Gasteiger charge is -2.24. The molecule has 2 nitrogen and oxygen atoms in total. The first kappa shape index (κ1) is 11.6. The molecular weight excluding hydrogens is 248 g/mol. The molecule has 0 saturated heterocycles. The molecular formula is C18H14O2. The second kappa shape index (κ2) is 4.17. The molecule has 2 atom stereocenters. The van der Waals surface area contributed by atoms with Crippen LogP contribution >= 0.6 is 0 Å². The third-order valence-electron chi connectivity index (χ3n) is 4.09. The predicted octanol–water partition coefficient (Wildman–Crippen LogP) is 3.41. The molecule has 20 heavy (non-hydrogen) atoms. The third-order valence-corrected chi connectivity index (χ3v) is 4.09. The highest BCUT2D eigenvalue weighted by molar-refractivity contribution is 6.09. The molecule has 1 aliphatic rings. The minimum absolute atomic E-state index is 0.822. The van der Waals surface area contributed by atoms with E-state index >= 15 is 0 Å². The third kappa shape index (κ3) is 1.52. The lowest BCUT2D eigenvalue weighted by atomic mass is 9.87. The molecule has 98 valence electrons. The highest BCUT2D eigenvalue weighted by Crippen LogP contribution is 2.36. The van der Waals surface area contributed by atoms with Crippen LogP contribution in [0.25, 0.3) is 27.6 Å². The van der Waals surface area contributed by atoms with Crippen molar-refractivity contribution in [2.75, 3.05) is 0 Å². The first-order valence-corrected chi connectivity index (χ1v) is 6.74. The first-order chi connectivity index (χ1) is 9.75. The number of benzene rings is 3. The summed E-state index contributed by atoms with van der Waals surface area (Å²) in [6.07, 6.45) is 1.82. The Hall–Kier alpha value is -2.16. The molecule has 3 aromatic carbocycles. The number of hydrogen-bond donors (Lipinski definition) is 2. The largest absolute Gasteiger partial charge is 0.386 e. The molecule has 0 fully saturated rings. The summed E-state index contributed by atoms with van der Waals surface area (Å²) in [7, 11) is 0. The molecule has 0 amide bonds. The van der Waals surface area contributed by atoms with Crippen molar-refractivity contribution in [3.05, 3.63) is 65.7 Å². The predicted molar refractivity (Wildman–Crippen MR) is 81.5 cm³/mol. The van der Waals surface area contributed by atoms with E-state index in [0.29, 0.717) is 0 Å². The van der Waals surface area contributed by atoms with Gasteiger partial charge in [0.05, 0.1) is 0 Å². The van der Waals surface area contributed by atoms with E-state index in [1.165, 1.54) is 10.8 Å². The van der Waals surface area contributed by atoms with Gasteiger partial charge in [0.25, 0.3) is 0 Å². The zero-order chi connectivity index (χ0) is 13.7. The van der Waals surface area contributed by atoms with Gasteiger partial charge in [0.15, 0.2) is 0 Å². The van der Waals surface area contributed by atoms with Crippen LogP contribution in [-0.2, 0) is 0 Å².